The quantitative estimate of drug-likeness (QED) is 0.319. The van der Waals surface area contributed by atoms with Crippen LogP contribution in [0, 0.1) is 18.3 Å². The SMILES string of the molecule is C#CCOc1c(Cl)cc([C@H](c2c[nH]c3ccccc23)C2C(=O)OC(C)(C)OC2=O)cc1Cl. The highest BCUT2D eigenvalue weighted by Gasteiger charge is 2.48. The van der Waals surface area contributed by atoms with Crippen molar-refractivity contribution < 1.29 is 23.8 Å². The van der Waals surface area contributed by atoms with Crippen molar-refractivity contribution >= 4 is 46.0 Å². The lowest BCUT2D eigenvalue weighted by Crippen LogP contribution is -2.48. The number of benzene rings is 2. The Morgan fingerprint density at radius 3 is 2.41 bits per heavy atom. The predicted octanol–water partition coefficient (Wildman–Crippen LogP) is 5.07. The molecule has 0 aliphatic carbocycles. The molecule has 1 saturated heterocycles. The number of rotatable bonds is 5. The molecule has 1 fully saturated rings. The van der Waals surface area contributed by atoms with Crippen molar-refractivity contribution in [1.29, 1.82) is 0 Å². The third-order valence-electron chi connectivity index (χ3n) is 5.17. The third-order valence-corrected chi connectivity index (χ3v) is 5.73. The lowest BCUT2D eigenvalue weighted by Gasteiger charge is -2.36. The molecule has 3 aromatic rings. The van der Waals surface area contributed by atoms with Crippen molar-refractivity contribution in [3.05, 3.63) is 63.8 Å². The Hall–Kier alpha value is -3.14. The first kappa shape index (κ1) is 22.1. The summed E-state index contributed by atoms with van der Waals surface area (Å²) in [5.74, 6) is -2.19. The van der Waals surface area contributed by atoms with Gasteiger partial charge in [-0.25, -0.2) is 0 Å². The number of para-hydroxylation sites is 1. The van der Waals surface area contributed by atoms with E-state index in [1.54, 1.807) is 18.3 Å². The first-order valence-corrected chi connectivity index (χ1v) is 10.5. The van der Waals surface area contributed by atoms with Gasteiger partial charge in [0.05, 0.1) is 10.0 Å². The largest absolute Gasteiger partial charge is 0.478 e. The molecule has 1 atom stereocenters. The van der Waals surface area contributed by atoms with Crippen LogP contribution in [0.3, 0.4) is 0 Å². The molecule has 164 valence electrons. The van der Waals surface area contributed by atoms with Crippen LogP contribution in [-0.2, 0) is 19.1 Å². The highest BCUT2D eigenvalue weighted by atomic mass is 35.5. The summed E-state index contributed by atoms with van der Waals surface area (Å²) in [6.45, 7) is 3.00. The summed E-state index contributed by atoms with van der Waals surface area (Å²) >= 11 is 12.9. The number of esters is 2. The lowest BCUT2D eigenvalue weighted by molar-refractivity contribution is -0.240. The highest BCUT2D eigenvalue weighted by Crippen LogP contribution is 2.44. The number of cyclic esters (lactones) is 2. The van der Waals surface area contributed by atoms with Gasteiger partial charge in [0.25, 0.3) is 5.79 Å². The average Bonchev–Trinajstić information content (AvgIpc) is 3.13. The van der Waals surface area contributed by atoms with Crippen LogP contribution < -0.4 is 4.74 Å². The second-order valence-electron chi connectivity index (χ2n) is 7.79. The van der Waals surface area contributed by atoms with Gasteiger partial charge >= 0.3 is 11.9 Å². The summed E-state index contributed by atoms with van der Waals surface area (Å²) < 4.78 is 16.2. The van der Waals surface area contributed by atoms with Gasteiger partial charge < -0.3 is 19.2 Å². The Kier molecular flexibility index (Phi) is 5.81. The number of fused-ring (bicyclic) bond motifs is 1. The van der Waals surface area contributed by atoms with Gasteiger partial charge in [-0.1, -0.05) is 47.3 Å². The zero-order valence-electron chi connectivity index (χ0n) is 17.3. The van der Waals surface area contributed by atoms with Crippen molar-refractivity contribution in [3.8, 4) is 18.1 Å². The van der Waals surface area contributed by atoms with Crippen LogP contribution >= 0.6 is 23.2 Å². The third kappa shape index (κ3) is 4.02. The number of aromatic amines is 1. The summed E-state index contributed by atoms with van der Waals surface area (Å²) in [4.78, 5) is 29.2. The molecule has 0 bridgehead atoms. The number of carbonyl (C=O) groups excluding carboxylic acids is 2. The minimum atomic E-state index is -1.35. The number of halogens is 2. The topological polar surface area (TPSA) is 77.6 Å². The normalized spacial score (nSPS) is 16.8. The molecule has 0 amide bonds. The van der Waals surface area contributed by atoms with E-state index in [4.69, 9.17) is 43.8 Å². The summed E-state index contributed by atoms with van der Waals surface area (Å²) in [7, 11) is 0. The van der Waals surface area contributed by atoms with Crippen molar-refractivity contribution in [3.63, 3.8) is 0 Å². The van der Waals surface area contributed by atoms with E-state index in [2.05, 4.69) is 10.9 Å². The Morgan fingerprint density at radius 1 is 1.16 bits per heavy atom. The van der Waals surface area contributed by atoms with Gasteiger partial charge in [0, 0.05) is 36.9 Å². The highest BCUT2D eigenvalue weighted by molar-refractivity contribution is 6.37. The Balaban J connectivity index is 1.89. The fourth-order valence-corrected chi connectivity index (χ4v) is 4.53. The molecule has 1 aliphatic heterocycles. The number of hydrogen-bond donors (Lipinski definition) is 1. The molecule has 1 N–H and O–H groups in total. The number of aromatic nitrogens is 1. The van der Waals surface area contributed by atoms with Gasteiger partial charge in [-0.2, -0.15) is 0 Å². The fourth-order valence-electron chi connectivity index (χ4n) is 3.91. The molecule has 0 radical (unpaired) electrons. The maximum atomic E-state index is 13.0. The van der Waals surface area contributed by atoms with E-state index in [9.17, 15) is 9.59 Å². The average molecular weight is 472 g/mol. The van der Waals surface area contributed by atoms with Crippen molar-refractivity contribution in [2.75, 3.05) is 6.61 Å². The van der Waals surface area contributed by atoms with Crippen LogP contribution in [0.25, 0.3) is 10.9 Å². The standard InChI is InChI=1S/C24H19Cl2NO5/c1-4-9-30-21-16(25)10-13(11-17(21)26)19(15-12-27-18-8-6-5-7-14(15)18)20-22(28)31-24(2,3)32-23(20)29/h1,5-8,10-12,19-20,27H,9H2,2-3H3/t19-/m1/s1. The monoisotopic (exact) mass is 471 g/mol. The zero-order valence-corrected chi connectivity index (χ0v) is 18.8. The van der Waals surface area contributed by atoms with Crippen molar-refractivity contribution in [2.24, 2.45) is 5.92 Å². The maximum Gasteiger partial charge on any atom is 0.324 e. The Labute approximate surface area is 194 Å². The summed E-state index contributed by atoms with van der Waals surface area (Å²) in [6.07, 6.45) is 7.00. The number of terminal acetylenes is 1. The Morgan fingerprint density at radius 2 is 1.78 bits per heavy atom. The number of nitrogens with one attached hydrogen (secondary N) is 1. The number of carbonyl (C=O) groups is 2. The molecule has 8 heteroatoms. The molecule has 0 spiro atoms. The molecule has 2 aromatic carbocycles. The van der Waals surface area contributed by atoms with E-state index >= 15 is 0 Å². The summed E-state index contributed by atoms with van der Waals surface area (Å²) in [5, 5.41) is 1.23. The minimum Gasteiger partial charge on any atom is -0.478 e. The smallest absolute Gasteiger partial charge is 0.324 e. The van der Waals surface area contributed by atoms with Crippen molar-refractivity contribution in [2.45, 2.75) is 25.6 Å². The minimum absolute atomic E-state index is 0.0129. The Bertz CT molecular complexity index is 1210. The molecule has 0 saturated carbocycles. The number of H-pyrrole nitrogens is 1. The van der Waals surface area contributed by atoms with Gasteiger partial charge in [0.1, 0.15) is 6.61 Å². The van der Waals surface area contributed by atoms with Crippen molar-refractivity contribution in [1.82, 2.24) is 4.98 Å². The van der Waals surface area contributed by atoms with E-state index in [-0.39, 0.29) is 22.4 Å². The van der Waals surface area contributed by atoms with Crippen LogP contribution in [0.15, 0.2) is 42.6 Å². The molecule has 0 unspecified atom stereocenters. The molecule has 4 rings (SSSR count). The van der Waals surface area contributed by atoms with E-state index in [0.717, 1.165) is 10.9 Å². The van der Waals surface area contributed by atoms with E-state index < -0.39 is 29.6 Å². The molecule has 1 aliphatic rings. The second-order valence-corrected chi connectivity index (χ2v) is 8.61. The van der Waals surface area contributed by atoms with Gasteiger partial charge in [0.15, 0.2) is 11.7 Å². The number of ether oxygens (including phenoxy) is 3. The summed E-state index contributed by atoms with van der Waals surface area (Å²) in [6, 6.07) is 10.7. The van der Waals surface area contributed by atoms with Crippen LogP contribution in [0.5, 0.6) is 5.75 Å². The zero-order chi connectivity index (χ0) is 23.0. The van der Waals surface area contributed by atoms with Crippen LogP contribution in [0.1, 0.15) is 30.9 Å². The van der Waals surface area contributed by atoms with Crippen LogP contribution in [0.4, 0.5) is 0 Å². The van der Waals surface area contributed by atoms with Gasteiger partial charge in [-0.05, 0) is 29.3 Å². The van der Waals surface area contributed by atoms with Crippen LogP contribution in [-0.4, -0.2) is 29.3 Å². The first-order chi connectivity index (χ1) is 15.2. The molecule has 32 heavy (non-hydrogen) atoms. The maximum absolute atomic E-state index is 13.0. The molecule has 6 nitrogen and oxygen atoms in total. The molecular formula is C24H19Cl2NO5. The van der Waals surface area contributed by atoms with E-state index in [1.807, 2.05) is 24.3 Å². The van der Waals surface area contributed by atoms with Gasteiger partial charge in [0.2, 0.25) is 0 Å². The lowest BCUT2D eigenvalue weighted by atomic mass is 9.80. The van der Waals surface area contributed by atoms with Gasteiger partial charge in [-0.3, -0.25) is 9.59 Å². The first-order valence-electron chi connectivity index (χ1n) is 9.79. The second kappa shape index (κ2) is 8.42. The predicted molar refractivity (Wildman–Crippen MR) is 121 cm³/mol. The fraction of sp³-hybridized carbons (Fsp3) is 0.250. The molecule has 1 aromatic heterocycles. The molecule has 2 heterocycles. The molecular weight excluding hydrogens is 453 g/mol. The van der Waals surface area contributed by atoms with Gasteiger partial charge in [-0.15, -0.1) is 6.42 Å². The number of hydrogen-bond acceptors (Lipinski definition) is 5. The van der Waals surface area contributed by atoms with E-state index in [0.29, 0.717) is 11.1 Å². The summed E-state index contributed by atoms with van der Waals surface area (Å²) in [5.41, 5.74) is 2.07. The van der Waals surface area contributed by atoms with Crippen LogP contribution in [0.2, 0.25) is 10.0 Å². The van der Waals surface area contributed by atoms with E-state index in [1.165, 1.54) is 13.8 Å².